The molecule has 0 saturated carbocycles. The van der Waals surface area contributed by atoms with Crippen LogP contribution in [0.15, 0.2) is 9.50 Å². The van der Waals surface area contributed by atoms with Gasteiger partial charge in [0.15, 0.2) is 4.34 Å². The Morgan fingerprint density at radius 2 is 2.00 bits per heavy atom. The van der Waals surface area contributed by atoms with Crippen LogP contribution < -0.4 is 16.2 Å². The average molecular weight is 310 g/mol. The van der Waals surface area contributed by atoms with Gasteiger partial charge in [0.25, 0.3) is 0 Å². The highest BCUT2D eigenvalue weighted by molar-refractivity contribution is 8.00. The number of nitrogens with two attached hydrogens (primary N) is 1. The number of hydrogen-bond donors (Lipinski definition) is 2. The average Bonchev–Trinajstić information content (AvgIpc) is 3.10. The molecule has 1 fully saturated rings. The fourth-order valence-electron chi connectivity index (χ4n) is 1.91. The Balaban J connectivity index is 1.87. The van der Waals surface area contributed by atoms with Crippen LogP contribution >= 0.6 is 23.3 Å². The van der Waals surface area contributed by atoms with Crippen LogP contribution in [0.5, 0.6) is 0 Å². The SMILES string of the molecule is Cc1nsc(Sc2nc(NN)nc(N3CCCC3)n2)n1. The molecule has 3 rings (SSSR count). The van der Waals surface area contributed by atoms with Crippen molar-refractivity contribution < 1.29 is 0 Å². The molecule has 0 amide bonds. The zero-order chi connectivity index (χ0) is 13.9. The van der Waals surface area contributed by atoms with Gasteiger partial charge in [0.1, 0.15) is 5.82 Å². The molecular formula is C10H14N8S2. The molecule has 0 spiro atoms. The van der Waals surface area contributed by atoms with E-state index < -0.39 is 0 Å². The van der Waals surface area contributed by atoms with Crippen LogP contribution in [-0.4, -0.2) is 37.4 Å². The lowest BCUT2D eigenvalue weighted by Gasteiger charge is -2.15. The molecule has 1 saturated heterocycles. The van der Waals surface area contributed by atoms with Crippen molar-refractivity contribution in [2.75, 3.05) is 23.4 Å². The molecular weight excluding hydrogens is 296 g/mol. The number of aryl methyl sites for hydroxylation is 1. The first kappa shape index (κ1) is 13.5. The lowest BCUT2D eigenvalue weighted by atomic mass is 10.4. The van der Waals surface area contributed by atoms with Gasteiger partial charge in [-0.25, -0.2) is 10.8 Å². The second kappa shape index (κ2) is 5.85. The maximum atomic E-state index is 5.43. The Morgan fingerprint density at radius 1 is 1.20 bits per heavy atom. The Hall–Kier alpha value is -1.52. The van der Waals surface area contributed by atoms with E-state index >= 15 is 0 Å². The summed E-state index contributed by atoms with van der Waals surface area (Å²) in [6.07, 6.45) is 2.32. The summed E-state index contributed by atoms with van der Waals surface area (Å²) in [5.41, 5.74) is 2.49. The third-order valence-corrected chi connectivity index (χ3v) is 4.52. The number of hydrogen-bond acceptors (Lipinski definition) is 10. The van der Waals surface area contributed by atoms with Gasteiger partial charge in [0, 0.05) is 13.1 Å². The second-order valence-electron chi connectivity index (χ2n) is 4.29. The molecule has 2 aromatic heterocycles. The molecule has 0 radical (unpaired) electrons. The third kappa shape index (κ3) is 2.97. The smallest absolute Gasteiger partial charge is 0.242 e. The van der Waals surface area contributed by atoms with Gasteiger partial charge in [-0.15, -0.1) is 0 Å². The highest BCUT2D eigenvalue weighted by Crippen LogP contribution is 2.28. The van der Waals surface area contributed by atoms with Crippen LogP contribution in [0.4, 0.5) is 11.9 Å². The minimum absolute atomic E-state index is 0.366. The normalized spacial score (nSPS) is 14.8. The number of nitrogens with zero attached hydrogens (tertiary/aromatic N) is 6. The Morgan fingerprint density at radius 3 is 2.65 bits per heavy atom. The van der Waals surface area contributed by atoms with Crippen molar-refractivity contribution in [3.8, 4) is 0 Å². The predicted octanol–water partition coefficient (Wildman–Crippen LogP) is 1.07. The molecule has 0 unspecified atom stereocenters. The summed E-state index contributed by atoms with van der Waals surface area (Å²) in [7, 11) is 0. The van der Waals surface area contributed by atoms with Crippen LogP contribution in [0.3, 0.4) is 0 Å². The summed E-state index contributed by atoms with van der Waals surface area (Å²) in [5, 5.41) is 0.575. The van der Waals surface area contributed by atoms with Crippen LogP contribution in [0, 0.1) is 6.92 Å². The lowest BCUT2D eigenvalue weighted by Crippen LogP contribution is -2.22. The summed E-state index contributed by atoms with van der Waals surface area (Å²) in [6.45, 7) is 3.79. The van der Waals surface area contributed by atoms with Gasteiger partial charge in [-0.1, -0.05) is 0 Å². The highest BCUT2D eigenvalue weighted by Gasteiger charge is 2.18. The van der Waals surface area contributed by atoms with Crippen molar-refractivity contribution in [1.29, 1.82) is 0 Å². The first-order chi connectivity index (χ1) is 9.74. The zero-order valence-corrected chi connectivity index (χ0v) is 12.5. The summed E-state index contributed by atoms with van der Waals surface area (Å²) in [5.74, 6) is 7.21. The number of hydrazine groups is 1. The van der Waals surface area contributed by atoms with Gasteiger partial charge in [-0.05, 0) is 43.1 Å². The van der Waals surface area contributed by atoms with Crippen molar-refractivity contribution >= 4 is 35.2 Å². The monoisotopic (exact) mass is 310 g/mol. The van der Waals surface area contributed by atoms with Gasteiger partial charge in [0.2, 0.25) is 17.1 Å². The zero-order valence-electron chi connectivity index (χ0n) is 10.9. The first-order valence-corrected chi connectivity index (χ1v) is 7.79. The summed E-state index contributed by atoms with van der Waals surface area (Å²) in [6, 6.07) is 0. The highest BCUT2D eigenvalue weighted by atomic mass is 32.2. The summed E-state index contributed by atoms with van der Waals surface area (Å²) >= 11 is 2.70. The third-order valence-electron chi connectivity index (χ3n) is 2.81. The maximum Gasteiger partial charge on any atom is 0.242 e. The largest absolute Gasteiger partial charge is 0.341 e. The van der Waals surface area contributed by atoms with E-state index in [2.05, 4.69) is 34.6 Å². The molecule has 3 heterocycles. The summed E-state index contributed by atoms with van der Waals surface area (Å²) in [4.78, 5) is 19.5. The fourth-order valence-corrected chi connectivity index (χ4v) is 3.41. The van der Waals surface area contributed by atoms with E-state index in [0.29, 0.717) is 17.1 Å². The van der Waals surface area contributed by atoms with E-state index in [4.69, 9.17) is 5.84 Å². The van der Waals surface area contributed by atoms with Gasteiger partial charge in [-0.2, -0.15) is 19.3 Å². The number of anilines is 2. The molecule has 1 aliphatic heterocycles. The Labute approximate surface area is 124 Å². The molecule has 0 atom stereocenters. The van der Waals surface area contributed by atoms with Gasteiger partial charge < -0.3 is 4.90 Å². The van der Waals surface area contributed by atoms with Gasteiger partial charge in [0.05, 0.1) is 0 Å². The molecule has 0 aliphatic carbocycles. The Kier molecular flexibility index (Phi) is 3.94. The minimum Gasteiger partial charge on any atom is -0.341 e. The van der Waals surface area contributed by atoms with Crippen LogP contribution in [0.25, 0.3) is 0 Å². The molecule has 8 nitrogen and oxygen atoms in total. The fraction of sp³-hybridized carbons (Fsp3) is 0.500. The molecule has 2 aromatic rings. The van der Waals surface area contributed by atoms with E-state index in [9.17, 15) is 0 Å². The van der Waals surface area contributed by atoms with Gasteiger partial charge in [-0.3, -0.25) is 5.43 Å². The topological polar surface area (TPSA) is 106 Å². The van der Waals surface area contributed by atoms with Crippen molar-refractivity contribution in [1.82, 2.24) is 24.3 Å². The van der Waals surface area contributed by atoms with Crippen molar-refractivity contribution in [3.05, 3.63) is 5.82 Å². The van der Waals surface area contributed by atoms with Gasteiger partial charge >= 0.3 is 0 Å². The number of rotatable bonds is 4. The maximum absolute atomic E-state index is 5.43. The first-order valence-electron chi connectivity index (χ1n) is 6.20. The predicted molar refractivity (Wildman–Crippen MR) is 77.9 cm³/mol. The molecule has 20 heavy (non-hydrogen) atoms. The molecule has 106 valence electrons. The van der Waals surface area contributed by atoms with Crippen molar-refractivity contribution in [2.45, 2.75) is 29.3 Å². The van der Waals surface area contributed by atoms with Crippen molar-refractivity contribution in [3.63, 3.8) is 0 Å². The van der Waals surface area contributed by atoms with E-state index in [1.165, 1.54) is 23.3 Å². The Bertz CT molecular complexity index is 595. The minimum atomic E-state index is 0.366. The number of nitrogens with one attached hydrogen (secondary N) is 1. The van der Waals surface area contributed by atoms with Crippen LogP contribution in [-0.2, 0) is 0 Å². The molecule has 0 bridgehead atoms. The molecule has 10 heteroatoms. The molecule has 3 N–H and O–H groups in total. The number of aromatic nitrogens is 5. The molecule has 0 aromatic carbocycles. The van der Waals surface area contributed by atoms with E-state index in [1.54, 1.807) is 0 Å². The van der Waals surface area contributed by atoms with E-state index in [1.807, 2.05) is 6.92 Å². The lowest BCUT2D eigenvalue weighted by molar-refractivity contribution is 0.827. The van der Waals surface area contributed by atoms with E-state index in [-0.39, 0.29) is 0 Å². The second-order valence-corrected chi connectivity index (χ2v) is 6.26. The summed E-state index contributed by atoms with van der Waals surface area (Å²) < 4.78 is 4.95. The molecule has 1 aliphatic rings. The standard InChI is InChI=1S/C10H14N8S2/c1-6-12-10(20-17-6)19-9-14-7(16-11)13-8(15-9)18-4-2-3-5-18/h2-5,11H2,1H3,(H,13,14,15,16). The van der Waals surface area contributed by atoms with Crippen LogP contribution in [0.2, 0.25) is 0 Å². The quantitative estimate of drug-likeness (QED) is 0.633. The van der Waals surface area contributed by atoms with Crippen LogP contribution in [0.1, 0.15) is 18.7 Å². The number of nitrogen functional groups attached to an aromatic ring is 1. The van der Waals surface area contributed by atoms with E-state index in [0.717, 1.165) is 36.1 Å². The van der Waals surface area contributed by atoms with Crippen molar-refractivity contribution in [2.24, 2.45) is 5.84 Å².